The monoisotopic (exact) mass is 330 g/mol. The Kier molecular flexibility index (Phi) is 5.13. The van der Waals surface area contributed by atoms with Crippen molar-refractivity contribution in [3.63, 3.8) is 0 Å². The molecule has 110 valence electrons. The molecule has 0 aliphatic rings. The average molecular weight is 331 g/mol. The molecular formula is C18H23ClSi2. The Balaban J connectivity index is 2.39. The first-order valence-corrected chi connectivity index (χ1v) is 12.3. The number of halogens is 1. The molecule has 21 heavy (non-hydrogen) atoms. The number of alkyl halides is 1. The van der Waals surface area contributed by atoms with Crippen LogP contribution in [0.4, 0.5) is 0 Å². The first-order chi connectivity index (χ1) is 9.77. The van der Waals surface area contributed by atoms with E-state index in [-0.39, 0.29) is 5.38 Å². The fraction of sp³-hybridized carbons (Fsp3) is 0.333. The second kappa shape index (κ2) is 6.51. The minimum atomic E-state index is -1.27. The van der Waals surface area contributed by atoms with Gasteiger partial charge >= 0.3 is 0 Å². The minimum Gasteiger partial charge on any atom is -0.118 e. The zero-order chi connectivity index (χ0) is 15.6. The van der Waals surface area contributed by atoms with Crippen molar-refractivity contribution in [1.82, 2.24) is 0 Å². The largest absolute Gasteiger partial charge is 0.121 e. The Bertz CT molecular complexity index is 627. The summed E-state index contributed by atoms with van der Waals surface area (Å²) in [6.45, 7) is 11.5. The molecule has 1 atom stereocenters. The molecule has 2 rings (SSSR count). The van der Waals surface area contributed by atoms with Crippen molar-refractivity contribution in [3.8, 4) is 0 Å². The highest BCUT2D eigenvalue weighted by molar-refractivity contribution is 6.89. The molecule has 1 unspecified atom stereocenters. The van der Waals surface area contributed by atoms with Crippen molar-refractivity contribution >= 4 is 44.8 Å². The molecule has 0 bridgehead atoms. The van der Waals surface area contributed by atoms with E-state index in [0.717, 1.165) is 0 Å². The van der Waals surface area contributed by atoms with Gasteiger partial charge in [0.2, 0.25) is 0 Å². The lowest BCUT2D eigenvalue weighted by Gasteiger charge is -2.19. The number of aryl methyl sites for hydroxylation is 1. The Morgan fingerprint density at radius 3 is 2.33 bits per heavy atom. The summed E-state index contributed by atoms with van der Waals surface area (Å²) in [5, 5.41) is 4.40. The summed E-state index contributed by atoms with van der Waals surface area (Å²) >= 11 is 6.32. The quantitative estimate of drug-likeness (QED) is 0.594. The van der Waals surface area contributed by atoms with E-state index in [2.05, 4.69) is 76.0 Å². The summed E-state index contributed by atoms with van der Waals surface area (Å²) in [6, 6.07) is 15.6. The molecule has 0 aliphatic heterocycles. The first-order valence-electron chi connectivity index (χ1n) is 7.39. The standard InChI is InChI=1S/C18H23ClSi2/c1-13-10-15(12-16(11-13)21(3,4)5)20-18-9-7-6-8-17(18)14(2)19/h6-12,14H,1-5H3. The molecule has 2 aromatic carbocycles. The van der Waals surface area contributed by atoms with Gasteiger partial charge in [-0.2, -0.15) is 0 Å². The number of rotatable bonds is 4. The topological polar surface area (TPSA) is 0 Å². The maximum atomic E-state index is 6.32. The van der Waals surface area contributed by atoms with Crippen LogP contribution in [0.3, 0.4) is 0 Å². The van der Waals surface area contributed by atoms with Crippen LogP contribution >= 0.6 is 11.6 Å². The van der Waals surface area contributed by atoms with Gasteiger partial charge in [0.1, 0.15) is 9.52 Å². The molecule has 0 aromatic heterocycles. The first kappa shape index (κ1) is 16.5. The van der Waals surface area contributed by atoms with E-state index in [9.17, 15) is 0 Å². The van der Waals surface area contributed by atoms with Gasteiger partial charge in [-0.25, -0.2) is 0 Å². The molecule has 0 heterocycles. The Labute approximate surface area is 137 Å². The maximum absolute atomic E-state index is 6.32. The number of hydrogen-bond acceptors (Lipinski definition) is 0. The van der Waals surface area contributed by atoms with Crippen LogP contribution in [0.15, 0.2) is 42.5 Å². The van der Waals surface area contributed by atoms with Gasteiger partial charge in [0, 0.05) is 0 Å². The second-order valence-electron chi connectivity index (χ2n) is 6.67. The van der Waals surface area contributed by atoms with E-state index in [0.29, 0.717) is 9.52 Å². The van der Waals surface area contributed by atoms with Crippen LogP contribution in [0.1, 0.15) is 23.4 Å². The predicted molar refractivity (Wildman–Crippen MR) is 99.9 cm³/mol. The van der Waals surface area contributed by atoms with Crippen molar-refractivity contribution in [2.75, 3.05) is 0 Å². The summed E-state index contributed by atoms with van der Waals surface area (Å²) in [5.74, 6) is 0. The smallest absolute Gasteiger partial charge is 0.118 e. The van der Waals surface area contributed by atoms with Gasteiger partial charge in [-0.05, 0) is 19.4 Å². The van der Waals surface area contributed by atoms with Gasteiger partial charge in [-0.1, -0.05) is 83.2 Å². The van der Waals surface area contributed by atoms with E-state index in [4.69, 9.17) is 11.6 Å². The van der Waals surface area contributed by atoms with Crippen LogP contribution in [0.2, 0.25) is 19.6 Å². The molecule has 0 N–H and O–H groups in total. The summed E-state index contributed by atoms with van der Waals surface area (Å²) in [5.41, 5.74) is 2.63. The number of hydrogen-bond donors (Lipinski definition) is 0. The molecule has 2 radical (unpaired) electrons. The highest BCUT2D eigenvalue weighted by atomic mass is 35.5. The molecule has 0 spiro atoms. The lowest BCUT2D eigenvalue weighted by Crippen LogP contribution is -2.41. The van der Waals surface area contributed by atoms with Gasteiger partial charge in [0.15, 0.2) is 0 Å². The summed E-state index contributed by atoms with van der Waals surface area (Å²) < 4.78 is 0. The van der Waals surface area contributed by atoms with E-state index < -0.39 is 8.07 Å². The minimum absolute atomic E-state index is 0.0648. The van der Waals surface area contributed by atoms with Gasteiger partial charge in [-0.3, -0.25) is 0 Å². The van der Waals surface area contributed by atoms with E-state index >= 15 is 0 Å². The average Bonchev–Trinajstić information content (AvgIpc) is 2.37. The summed E-state index contributed by atoms with van der Waals surface area (Å²) in [6.07, 6.45) is 0. The Morgan fingerprint density at radius 2 is 1.71 bits per heavy atom. The van der Waals surface area contributed by atoms with Crippen molar-refractivity contribution in [3.05, 3.63) is 53.6 Å². The van der Waals surface area contributed by atoms with Gasteiger partial charge in [0.05, 0.1) is 13.5 Å². The normalized spacial score (nSPS) is 13.2. The third-order valence-electron chi connectivity index (χ3n) is 3.61. The zero-order valence-electron chi connectivity index (χ0n) is 13.5. The highest BCUT2D eigenvalue weighted by Gasteiger charge is 2.18. The molecule has 0 saturated heterocycles. The van der Waals surface area contributed by atoms with Crippen LogP contribution in [-0.4, -0.2) is 17.6 Å². The van der Waals surface area contributed by atoms with Crippen molar-refractivity contribution in [1.29, 1.82) is 0 Å². The van der Waals surface area contributed by atoms with Crippen LogP contribution < -0.4 is 15.6 Å². The molecule has 0 saturated carbocycles. The van der Waals surface area contributed by atoms with E-state index in [1.807, 2.05) is 0 Å². The molecular weight excluding hydrogens is 308 g/mol. The van der Waals surface area contributed by atoms with Crippen LogP contribution in [0.5, 0.6) is 0 Å². The van der Waals surface area contributed by atoms with E-state index in [1.165, 1.54) is 21.5 Å². The van der Waals surface area contributed by atoms with Crippen LogP contribution in [0.25, 0.3) is 0 Å². The van der Waals surface area contributed by atoms with Gasteiger partial charge in [-0.15, -0.1) is 11.6 Å². The SMILES string of the molecule is Cc1cc([Si]c2ccccc2C(C)Cl)cc([Si](C)(C)C)c1. The third-order valence-corrected chi connectivity index (χ3v) is 7.17. The van der Waals surface area contributed by atoms with Crippen molar-refractivity contribution in [2.45, 2.75) is 38.9 Å². The lowest BCUT2D eigenvalue weighted by molar-refractivity contribution is 1.10. The maximum Gasteiger partial charge on any atom is 0.121 e. The summed E-state index contributed by atoms with van der Waals surface area (Å²) in [4.78, 5) is 0. The van der Waals surface area contributed by atoms with Gasteiger partial charge in [0.25, 0.3) is 0 Å². The fourth-order valence-corrected chi connectivity index (χ4v) is 5.54. The molecule has 0 amide bonds. The predicted octanol–water partition coefficient (Wildman–Crippen LogP) is 3.50. The van der Waals surface area contributed by atoms with Gasteiger partial charge < -0.3 is 0 Å². The Hall–Kier alpha value is -0.836. The molecule has 0 aliphatic carbocycles. The van der Waals surface area contributed by atoms with Crippen molar-refractivity contribution < 1.29 is 0 Å². The van der Waals surface area contributed by atoms with E-state index in [1.54, 1.807) is 5.19 Å². The molecule has 0 fully saturated rings. The zero-order valence-corrected chi connectivity index (χ0v) is 16.3. The third kappa shape index (κ3) is 4.32. The summed E-state index contributed by atoms with van der Waals surface area (Å²) in [7, 11) is -0.592. The van der Waals surface area contributed by atoms with Crippen molar-refractivity contribution in [2.24, 2.45) is 0 Å². The molecule has 2 aromatic rings. The number of benzene rings is 2. The molecule has 3 heteroatoms. The lowest BCUT2D eigenvalue weighted by atomic mass is 10.2. The molecule has 0 nitrogen and oxygen atoms in total. The highest BCUT2D eigenvalue weighted by Crippen LogP contribution is 2.16. The van der Waals surface area contributed by atoms with Crippen LogP contribution in [0, 0.1) is 6.92 Å². The fourth-order valence-electron chi connectivity index (χ4n) is 2.40. The Morgan fingerprint density at radius 1 is 1.05 bits per heavy atom. The second-order valence-corrected chi connectivity index (χ2v) is 13.8. The van der Waals surface area contributed by atoms with Crippen LogP contribution in [-0.2, 0) is 0 Å².